The van der Waals surface area contributed by atoms with E-state index in [1.807, 2.05) is 13.8 Å². The summed E-state index contributed by atoms with van der Waals surface area (Å²) in [5.74, 6) is -0.678. The van der Waals surface area contributed by atoms with Crippen molar-refractivity contribution >= 4 is 15.9 Å². The number of morpholine rings is 1. The number of benzene rings is 1. The molecule has 3 saturated heterocycles. The first-order valence-corrected chi connectivity index (χ1v) is 10.9. The first kappa shape index (κ1) is 19.8. The van der Waals surface area contributed by atoms with E-state index >= 15 is 0 Å². The van der Waals surface area contributed by atoms with Gasteiger partial charge in [0.25, 0.3) is 5.91 Å². The van der Waals surface area contributed by atoms with Gasteiger partial charge in [-0.3, -0.25) is 4.79 Å². The minimum Gasteiger partial charge on any atom is -0.379 e. The molecule has 0 saturated carbocycles. The molecule has 28 heavy (non-hydrogen) atoms. The van der Waals surface area contributed by atoms with Gasteiger partial charge >= 0.3 is 0 Å². The van der Waals surface area contributed by atoms with Gasteiger partial charge in [0.05, 0.1) is 36.7 Å². The Morgan fingerprint density at radius 3 is 2.14 bits per heavy atom. The van der Waals surface area contributed by atoms with E-state index in [1.54, 1.807) is 17.0 Å². The van der Waals surface area contributed by atoms with Gasteiger partial charge in [0.15, 0.2) is 5.79 Å². The van der Waals surface area contributed by atoms with Gasteiger partial charge in [-0.15, -0.1) is 0 Å². The highest BCUT2D eigenvalue weighted by atomic mass is 32.2. The van der Waals surface area contributed by atoms with Crippen LogP contribution in [-0.4, -0.2) is 81.9 Å². The summed E-state index contributed by atoms with van der Waals surface area (Å²) in [6, 6.07) is 6.17. The van der Waals surface area contributed by atoms with E-state index in [-0.39, 0.29) is 16.2 Å². The van der Waals surface area contributed by atoms with Crippen LogP contribution >= 0.6 is 0 Å². The number of carbonyl (C=O) groups is 1. The third-order valence-corrected chi connectivity index (χ3v) is 7.41. The van der Waals surface area contributed by atoms with Crippen molar-refractivity contribution in [3.05, 3.63) is 29.8 Å². The topological polar surface area (TPSA) is 85.4 Å². The molecule has 0 aromatic heterocycles. The number of hydrogen-bond acceptors (Lipinski definition) is 6. The van der Waals surface area contributed by atoms with Crippen LogP contribution < -0.4 is 0 Å². The summed E-state index contributed by atoms with van der Waals surface area (Å²) in [4.78, 5) is 14.7. The van der Waals surface area contributed by atoms with Gasteiger partial charge in [0.1, 0.15) is 0 Å². The second kappa shape index (κ2) is 7.07. The second-order valence-electron chi connectivity index (χ2n) is 8.18. The number of amides is 1. The Labute approximate surface area is 165 Å². The number of nitrogens with zero attached hydrogens (tertiary/aromatic N) is 2. The van der Waals surface area contributed by atoms with Crippen LogP contribution in [0.15, 0.2) is 29.2 Å². The number of ether oxygens (including phenoxy) is 3. The van der Waals surface area contributed by atoms with Gasteiger partial charge in [0, 0.05) is 31.7 Å². The normalized spacial score (nSPS) is 24.7. The molecule has 4 rings (SSSR count). The molecule has 0 atom stereocenters. The maximum absolute atomic E-state index is 12.7. The molecule has 154 valence electrons. The highest BCUT2D eigenvalue weighted by Crippen LogP contribution is 2.38. The van der Waals surface area contributed by atoms with Gasteiger partial charge in [-0.2, -0.15) is 4.31 Å². The smallest absolute Gasteiger partial charge is 0.253 e. The molecule has 3 fully saturated rings. The molecule has 8 nitrogen and oxygen atoms in total. The first-order valence-electron chi connectivity index (χ1n) is 9.46. The van der Waals surface area contributed by atoms with E-state index < -0.39 is 15.8 Å². The second-order valence-corrected chi connectivity index (χ2v) is 10.1. The molecular weight excluding hydrogens is 384 g/mol. The van der Waals surface area contributed by atoms with Gasteiger partial charge in [-0.05, 0) is 38.1 Å². The van der Waals surface area contributed by atoms with Gasteiger partial charge in [0.2, 0.25) is 10.0 Å². The summed E-state index contributed by atoms with van der Waals surface area (Å²) in [7, 11) is -3.55. The van der Waals surface area contributed by atoms with Crippen molar-refractivity contribution in [3.8, 4) is 0 Å². The summed E-state index contributed by atoms with van der Waals surface area (Å²) in [5, 5.41) is 0. The molecule has 1 amide bonds. The van der Waals surface area contributed by atoms with E-state index in [1.165, 1.54) is 16.4 Å². The Hall–Kier alpha value is -1.52. The molecule has 1 aromatic carbocycles. The zero-order chi connectivity index (χ0) is 20.0. The molecule has 0 bridgehead atoms. The third kappa shape index (κ3) is 3.69. The van der Waals surface area contributed by atoms with Crippen molar-refractivity contribution in [2.24, 2.45) is 5.41 Å². The quantitative estimate of drug-likeness (QED) is 0.737. The number of hydrogen-bond donors (Lipinski definition) is 0. The molecule has 0 N–H and O–H groups in total. The van der Waals surface area contributed by atoms with E-state index in [9.17, 15) is 13.2 Å². The maximum atomic E-state index is 12.7. The lowest BCUT2D eigenvalue weighted by Crippen LogP contribution is -2.65. The Kier molecular flexibility index (Phi) is 4.99. The minimum absolute atomic E-state index is 0.106. The molecule has 0 unspecified atom stereocenters. The van der Waals surface area contributed by atoms with Crippen LogP contribution in [0.25, 0.3) is 0 Å². The highest BCUT2D eigenvalue weighted by Gasteiger charge is 2.50. The summed E-state index contributed by atoms with van der Waals surface area (Å²) < 4.78 is 43.4. The molecule has 9 heteroatoms. The average Bonchev–Trinajstić information content (AvgIpc) is 2.67. The number of likely N-dealkylation sites (tertiary alicyclic amines) is 1. The van der Waals surface area contributed by atoms with Crippen LogP contribution in [0.4, 0.5) is 0 Å². The summed E-state index contributed by atoms with van der Waals surface area (Å²) in [5.41, 5.74) is 0.346. The minimum atomic E-state index is -3.55. The van der Waals surface area contributed by atoms with Crippen molar-refractivity contribution in [2.45, 2.75) is 24.5 Å². The summed E-state index contributed by atoms with van der Waals surface area (Å²) in [6.45, 7) is 7.56. The number of carbonyl (C=O) groups excluding carboxylic acids is 1. The van der Waals surface area contributed by atoms with Crippen molar-refractivity contribution in [1.82, 2.24) is 9.21 Å². The van der Waals surface area contributed by atoms with Crippen molar-refractivity contribution in [3.63, 3.8) is 0 Å². The molecule has 3 aliphatic rings. The van der Waals surface area contributed by atoms with E-state index in [0.717, 1.165) is 0 Å². The molecule has 3 aliphatic heterocycles. The van der Waals surface area contributed by atoms with Crippen LogP contribution in [0, 0.1) is 5.41 Å². The first-order chi connectivity index (χ1) is 13.2. The molecule has 1 spiro atoms. The maximum Gasteiger partial charge on any atom is 0.253 e. The zero-order valence-electron chi connectivity index (χ0n) is 16.2. The fraction of sp³-hybridized carbons (Fsp3) is 0.632. The van der Waals surface area contributed by atoms with Crippen LogP contribution in [0.3, 0.4) is 0 Å². The fourth-order valence-electron chi connectivity index (χ4n) is 3.71. The summed E-state index contributed by atoms with van der Waals surface area (Å²) in [6.07, 6.45) is 0. The molecule has 1 aromatic rings. The Bertz CT molecular complexity index is 828. The average molecular weight is 410 g/mol. The monoisotopic (exact) mass is 410 g/mol. The number of sulfonamides is 1. The molecular formula is C19H26N2O6S. The fourth-order valence-corrected chi connectivity index (χ4v) is 5.12. The van der Waals surface area contributed by atoms with E-state index in [4.69, 9.17) is 14.2 Å². The summed E-state index contributed by atoms with van der Waals surface area (Å²) >= 11 is 0. The Balaban J connectivity index is 1.39. The lowest BCUT2D eigenvalue weighted by atomic mass is 9.80. The Morgan fingerprint density at radius 2 is 1.57 bits per heavy atom. The molecule has 0 radical (unpaired) electrons. The molecule has 0 aliphatic carbocycles. The van der Waals surface area contributed by atoms with Gasteiger partial charge < -0.3 is 19.1 Å². The van der Waals surface area contributed by atoms with E-state index in [2.05, 4.69) is 0 Å². The third-order valence-electron chi connectivity index (χ3n) is 5.50. The van der Waals surface area contributed by atoms with Crippen molar-refractivity contribution in [1.29, 1.82) is 0 Å². The SMILES string of the molecule is CC1(C)OCC2(CO1)CN(C(=O)c1ccc(S(=O)(=O)N3CCOCC3)cc1)C2. The standard InChI is InChI=1S/C19H26N2O6S/c1-18(2)26-13-19(14-27-18)11-20(12-19)17(22)15-3-5-16(6-4-15)28(23,24)21-7-9-25-10-8-21/h3-6H,7-14H2,1-2H3. The Morgan fingerprint density at radius 1 is 1.00 bits per heavy atom. The molecule has 3 heterocycles. The lowest BCUT2D eigenvalue weighted by molar-refractivity contribution is -0.301. The van der Waals surface area contributed by atoms with Gasteiger partial charge in [-0.25, -0.2) is 8.42 Å². The van der Waals surface area contributed by atoms with Gasteiger partial charge in [-0.1, -0.05) is 0 Å². The highest BCUT2D eigenvalue weighted by molar-refractivity contribution is 7.89. The van der Waals surface area contributed by atoms with Crippen LogP contribution in [0.1, 0.15) is 24.2 Å². The number of rotatable bonds is 3. The predicted octanol–water partition coefficient (Wildman–Crippen LogP) is 0.933. The predicted molar refractivity (Wildman–Crippen MR) is 100 cm³/mol. The van der Waals surface area contributed by atoms with E-state index in [0.29, 0.717) is 58.2 Å². The van der Waals surface area contributed by atoms with Crippen LogP contribution in [-0.2, 0) is 24.2 Å². The largest absolute Gasteiger partial charge is 0.379 e. The zero-order valence-corrected chi connectivity index (χ0v) is 17.0. The van der Waals surface area contributed by atoms with Crippen molar-refractivity contribution < 1.29 is 27.4 Å². The van der Waals surface area contributed by atoms with Crippen LogP contribution in [0.5, 0.6) is 0 Å². The van der Waals surface area contributed by atoms with Crippen molar-refractivity contribution in [2.75, 3.05) is 52.6 Å². The van der Waals surface area contributed by atoms with Crippen LogP contribution in [0.2, 0.25) is 0 Å². The lowest BCUT2D eigenvalue weighted by Gasteiger charge is -2.54.